The topological polar surface area (TPSA) is 66.9 Å². The van der Waals surface area contributed by atoms with Crippen molar-refractivity contribution in [3.63, 3.8) is 0 Å². The number of nitrogens with zero attached hydrogens (tertiary/aromatic N) is 2. The number of likely N-dealkylation sites (tertiary alicyclic amines) is 1. The molecule has 34 heavy (non-hydrogen) atoms. The number of ether oxygens (including phenoxy) is 1. The number of halogens is 2. The van der Waals surface area contributed by atoms with Gasteiger partial charge in [-0.3, -0.25) is 4.79 Å². The summed E-state index contributed by atoms with van der Waals surface area (Å²) in [5, 5.41) is 0. The molecule has 2 saturated heterocycles. The van der Waals surface area contributed by atoms with Crippen molar-refractivity contribution in [2.75, 3.05) is 32.8 Å². The molecule has 0 radical (unpaired) electrons. The van der Waals surface area contributed by atoms with Crippen LogP contribution in [0.25, 0.3) is 0 Å². The Hall–Kier alpha value is -2.52. The third kappa shape index (κ3) is 5.58. The molecule has 2 aromatic rings. The number of carbonyl (C=O) groups excluding carboxylic acids is 1. The summed E-state index contributed by atoms with van der Waals surface area (Å²) in [4.78, 5) is 14.5. The van der Waals surface area contributed by atoms with E-state index in [-0.39, 0.29) is 32.0 Å². The zero-order valence-electron chi connectivity index (χ0n) is 19.1. The van der Waals surface area contributed by atoms with Crippen LogP contribution < -0.4 is 4.74 Å². The third-order valence-corrected chi connectivity index (χ3v) is 8.75. The van der Waals surface area contributed by atoms with Crippen molar-refractivity contribution in [2.45, 2.75) is 43.4 Å². The predicted molar refractivity (Wildman–Crippen MR) is 124 cm³/mol. The number of carbonyl (C=O) groups is 1. The summed E-state index contributed by atoms with van der Waals surface area (Å²) >= 11 is 0. The zero-order valence-corrected chi connectivity index (χ0v) is 19.9. The summed E-state index contributed by atoms with van der Waals surface area (Å²) in [6.45, 7) is 2.04. The van der Waals surface area contributed by atoms with E-state index < -0.39 is 32.0 Å². The first-order valence-electron chi connectivity index (χ1n) is 11.7. The first-order valence-corrected chi connectivity index (χ1v) is 13.1. The predicted octanol–water partition coefficient (Wildman–Crippen LogP) is 4.22. The van der Waals surface area contributed by atoms with Crippen molar-refractivity contribution in [3.05, 3.63) is 60.2 Å². The number of piperidine rings is 2. The fraction of sp³-hybridized carbons (Fsp3) is 0.480. The monoisotopic (exact) mass is 492 g/mol. The van der Waals surface area contributed by atoms with Gasteiger partial charge in [-0.2, -0.15) is 4.31 Å². The highest BCUT2D eigenvalue weighted by Crippen LogP contribution is 2.38. The Morgan fingerprint density at radius 1 is 0.941 bits per heavy atom. The number of amides is 1. The van der Waals surface area contributed by atoms with Crippen molar-refractivity contribution in [3.8, 4) is 5.75 Å². The maximum Gasteiger partial charge on any atom is 0.245 e. The van der Waals surface area contributed by atoms with E-state index in [2.05, 4.69) is 0 Å². The normalized spacial score (nSPS) is 19.1. The Bertz CT molecular complexity index is 1100. The third-order valence-electron chi connectivity index (χ3n) is 6.82. The van der Waals surface area contributed by atoms with Gasteiger partial charge in [0.05, 0.1) is 6.61 Å². The highest BCUT2D eigenvalue weighted by molar-refractivity contribution is 7.89. The molecule has 4 rings (SSSR count). The van der Waals surface area contributed by atoms with Gasteiger partial charge in [-0.25, -0.2) is 17.2 Å². The van der Waals surface area contributed by atoms with Crippen molar-refractivity contribution in [1.82, 2.24) is 9.21 Å². The first kappa shape index (κ1) is 24.6. The quantitative estimate of drug-likeness (QED) is 0.581. The molecule has 0 aliphatic carbocycles. The highest BCUT2D eigenvalue weighted by atomic mass is 32.2. The molecule has 2 fully saturated rings. The van der Waals surface area contributed by atoms with Gasteiger partial charge in [-0.05, 0) is 56.4 Å². The minimum Gasteiger partial charge on any atom is -0.493 e. The molecule has 184 valence electrons. The molecule has 0 spiro atoms. The van der Waals surface area contributed by atoms with Crippen molar-refractivity contribution in [1.29, 1.82) is 0 Å². The lowest BCUT2D eigenvalue weighted by Crippen LogP contribution is -2.48. The first-order chi connectivity index (χ1) is 16.3. The van der Waals surface area contributed by atoms with Gasteiger partial charge in [0.1, 0.15) is 22.3 Å². The minimum absolute atomic E-state index is 0.0669. The molecule has 2 aliphatic heterocycles. The fourth-order valence-electron chi connectivity index (χ4n) is 4.73. The molecule has 0 atom stereocenters. The summed E-state index contributed by atoms with van der Waals surface area (Å²) in [7, 11) is -4.12. The van der Waals surface area contributed by atoms with Crippen molar-refractivity contribution < 1.29 is 26.7 Å². The van der Waals surface area contributed by atoms with Crippen LogP contribution in [-0.2, 0) is 14.8 Å². The smallest absolute Gasteiger partial charge is 0.245 e. The lowest BCUT2D eigenvalue weighted by atomic mass is 9.76. The largest absolute Gasteiger partial charge is 0.493 e. The average Bonchev–Trinajstić information content (AvgIpc) is 2.84. The maximum absolute atomic E-state index is 14.2. The van der Waals surface area contributed by atoms with Crippen LogP contribution in [0.15, 0.2) is 53.4 Å². The van der Waals surface area contributed by atoms with Crippen LogP contribution in [0.4, 0.5) is 8.78 Å². The molecule has 0 bridgehead atoms. The van der Waals surface area contributed by atoms with E-state index >= 15 is 0 Å². The number of benzene rings is 2. The van der Waals surface area contributed by atoms with Crippen LogP contribution in [0.5, 0.6) is 5.75 Å². The van der Waals surface area contributed by atoms with Crippen LogP contribution in [0.2, 0.25) is 0 Å². The highest BCUT2D eigenvalue weighted by Gasteiger charge is 2.42. The Morgan fingerprint density at radius 2 is 1.62 bits per heavy atom. The van der Waals surface area contributed by atoms with E-state index in [9.17, 15) is 22.0 Å². The molecule has 2 heterocycles. The molecule has 2 aromatic carbocycles. The Balaban J connectivity index is 1.50. The molecule has 1 amide bonds. The average molecular weight is 493 g/mol. The van der Waals surface area contributed by atoms with Crippen LogP contribution >= 0.6 is 0 Å². The zero-order chi connectivity index (χ0) is 24.2. The number of rotatable bonds is 7. The van der Waals surface area contributed by atoms with Crippen molar-refractivity contribution >= 4 is 15.9 Å². The van der Waals surface area contributed by atoms with Crippen LogP contribution in [0.3, 0.4) is 0 Å². The molecular formula is C25H30F2N2O4S. The summed E-state index contributed by atoms with van der Waals surface area (Å²) in [6, 6.07) is 11.8. The molecule has 2 aliphatic rings. The molecule has 0 N–H and O–H groups in total. The molecule has 0 aromatic heterocycles. The van der Waals surface area contributed by atoms with E-state index in [0.717, 1.165) is 44.5 Å². The Kier molecular flexibility index (Phi) is 7.52. The van der Waals surface area contributed by atoms with E-state index in [4.69, 9.17) is 4.74 Å². The SMILES string of the molecule is O=C(CC1(COc2ccccc2)CCN(S(=O)(=O)c2ccc(F)cc2F)CC1)N1CCCCC1. The summed E-state index contributed by atoms with van der Waals surface area (Å²) in [5.41, 5.74) is -0.530. The number of hydrogen-bond donors (Lipinski definition) is 0. The van der Waals surface area contributed by atoms with Crippen LogP contribution in [0, 0.1) is 17.0 Å². The standard InChI is InChI=1S/C25H30F2N2O4S/c26-20-9-10-23(22(27)17-20)34(31,32)29-15-11-25(12-16-29,19-33-21-7-3-1-4-8-21)18-24(30)28-13-5-2-6-14-28/h1,3-4,7-10,17H,2,5-6,11-16,18-19H2. The van der Waals surface area contributed by atoms with Gasteiger partial charge >= 0.3 is 0 Å². The van der Waals surface area contributed by atoms with Gasteiger partial charge in [0.15, 0.2) is 0 Å². The van der Waals surface area contributed by atoms with E-state index in [1.54, 1.807) is 0 Å². The number of hydrogen-bond acceptors (Lipinski definition) is 4. The minimum atomic E-state index is -4.12. The van der Waals surface area contributed by atoms with E-state index in [1.807, 2.05) is 35.2 Å². The van der Waals surface area contributed by atoms with Gasteiger partial charge < -0.3 is 9.64 Å². The second kappa shape index (κ2) is 10.4. The molecule has 0 unspecified atom stereocenters. The van der Waals surface area contributed by atoms with Crippen molar-refractivity contribution in [2.24, 2.45) is 5.41 Å². The van der Waals surface area contributed by atoms with Gasteiger partial charge in [-0.15, -0.1) is 0 Å². The van der Waals surface area contributed by atoms with Crippen LogP contribution in [0.1, 0.15) is 38.5 Å². The molecule has 0 saturated carbocycles. The van der Waals surface area contributed by atoms with Gasteiger partial charge in [0.25, 0.3) is 0 Å². The fourth-order valence-corrected chi connectivity index (χ4v) is 6.21. The maximum atomic E-state index is 14.2. The molecule has 9 heteroatoms. The Morgan fingerprint density at radius 3 is 2.26 bits per heavy atom. The van der Waals surface area contributed by atoms with E-state index in [0.29, 0.717) is 24.7 Å². The number of para-hydroxylation sites is 1. The van der Waals surface area contributed by atoms with E-state index in [1.165, 1.54) is 4.31 Å². The van der Waals surface area contributed by atoms with Crippen LogP contribution in [-0.4, -0.2) is 56.3 Å². The second-order valence-corrected chi connectivity index (χ2v) is 11.1. The summed E-state index contributed by atoms with van der Waals surface area (Å²) in [5.74, 6) is -1.18. The molecular weight excluding hydrogens is 462 g/mol. The molecule has 6 nitrogen and oxygen atoms in total. The Labute approximate surface area is 199 Å². The number of sulfonamides is 1. The summed E-state index contributed by atoms with van der Waals surface area (Å²) < 4.78 is 60.8. The van der Waals surface area contributed by atoms with Gasteiger partial charge in [-0.1, -0.05) is 18.2 Å². The lowest BCUT2D eigenvalue weighted by Gasteiger charge is -2.42. The lowest BCUT2D eigenvalue weighted by molar-refractivity contribution is -0.136. The van der Waals surface area contributed by atoms with Gasteiger partial charge in [0.2, 0.25) is 15.9 Å². The second-order valence-electron chi connectivity index (χ2n) is 9.20. The van der Waals surface area contributed by atoms with Gasteiger partial charge in [0, 0.05) is 44.1 Å². The summed E-state index contributed by atoms with van der Waals surface area (Å²) in [6.07, 6.45) is 4.20.